The molecular weight excluding hydrogens is 325 g/mol. The average molecular weight is 337 g/mol. The van der Waals surface area contributed by atoms with Gasteiger partial charge in [0.15, 0.2) is 5.76 Å². The van der Waals surface area contributed by atoms with Gasteiger partial charge in [0.1, 0.15) is 5.82 Å². The summed E-state index contributed by atoms with van der Waals surface area (Å²) in [5.41, 5.74) is 1.12. The van der Waals surface area contributed by atoms with Gasteiger partial charge >= 0.3 is 0 Å². The summed E-state index contributed by atoms with van der Waals surface area (Å²) >= 11 is 0. The summed E-state index contributed by atoms with van der Waals surface area (Å²) < 4.78 is 14.5. The Bertz CT molecular complexity index is 956. The van der Waals surface area contributed by atoms with Crippen LogP contribution in [0.1, 0.15) is 17.2 Å². The van der Waals surface area contributed by atoms with Crippen LogP contribution in [0.3, 0.4) is 0 Å². The van der Waals surface area contributed by atoms with E-state index >= 15 is 0 Å². The predicted molar refractivity (Wildman–Crippen MR) is 86.8 cm³/mol. The number of aliphatic hydroxyl groups excluding tert-OH is 1. The highest BCUT2D eigenvalue weighted by atomic mass is 19.1. The van der Waals surface area contributed by atoms with Gasteiger partial charge in [0.25, 0.3) is 11.9 Å². The molecule has 1 aromatic heterocycles. The van der Waals surface area contributed by atoms with E-state index in [2.05, 4.69) is 20.6 Å². The summed E-state index contributed by atoms with van der Waals surface area (Å²) in [5.74, 6) is -1.73. The van der Waals surface area contributed by atoms with Crippen LogP contribution in [0.15, 0.2) is 60.4 Å². The Morgan fingerprint density at radius 1 is 1.08 bits per heavy atom. The van der Waals surface area contributed by atoms with Crippen molar-refractivity contribution in [2.24, 2.45) is 0 Å². The van der Waals surface area contributed by atoms with Crippen LogP contribution in [-0.2, 0) is 4.79 Å². The molecule has 0 saturated carbocycles. The van der Waals surface area contributed by atoms with Crippen molar-refractivity contribution in [3.8, 4) is 0 Å². The fraction of sp³-hybridized carbons (Fsp3) is 0.0588. The van der Waals surface area contributed by atoms with Crippen LogP contribution in [0.5, 0.6) is 0 Å². The Balaban J connectivity index is 1.95. The minimum Gasteiger partial charge on any atom is -0.503 e. The maximum Gasteiger partial charge on any atom is 0.296 e. The summed E-state index contributed by atoms with van der Waals surface area (Å²) in [6, 6.07) is 14.0. The topological polar surface area (TPSA) is 95.0 Å². The highest BCUT2D eigenvalue weighted by Gasteiger charge is 2.44. The first-order chi connectivity index (χ1) is 12.2. The third kappa shape index (κ3) is 2.35. The summed E-state index contributed by atoms with van der Waals surface area (Å²) in [7, 11) is 0. The molecular formula is C17H12FN5O2. The number of hydrogen-bond acceptors (Lipinski definition) is 5. The maximum atomic E-state index is 14.5. The molecule has 124 valence electrons. The number of amides is 1. The maximum absolute atomic E-state index is 14.5. The minimum atomic E-state index is -0.909. The summed E-state index contributed by atoms with van der Waals surface area (Å²) in [4.78, 5) is 13.8. The van der Waals surface area contributed by atoms with E-state index in [4.69, 9.17) is 0 Å². The number of nitrogens with zero attached hydrogens (tertiary/aromatic N) is 4. The standard InChI is InChI=1S/C17H12FN5O2/c18-12-9-5-4-8-11(12)14-13(10-6-2-1-3-7-10)15(24)16(25)23(14)17-19-21-22-20-17/h1-9,14,24H,(H,19,20,21,22). The van der Waals surface area contributed by atoms with Crippen molar-refractivity contribution in [2.45, 2.75) is 6.04 Å². The number of nitrogens with one attached hydrogen (secondary N) is 1. The number of carbonyl (C=O) groups is 1. The monoisotopic (exact) mass is 337 g/mol. The molecule has 4 rings (SSSR count). The van der Waals surface area contributed by atoms with Crippen molar-refractivity contribution in [1.82, 2.24) is 20.6 Å². The number of H-pyrrole nitrogens is 1. The second-order valence-corrected chi connectivity index (χ2v) is 5.44. The molecule has 1 aliphatic heterocycles. The normalized spacial score (nSPS) is 17.4. The highest BCUT2D eigenvalue weighted by molar-refractivity contribution is 6.15. The fourth-order valence-corrected chi connectivity index (χ4v) is 2.97. The second-order valence-electron chi connectivity index (χ2n) is 5.44. The van der Waals surface area contributed by atoms with Crippen LogP contribution < -0.4 is 4.90 Å². The van der Waals surface area contributed by atoms with E-state index in [1.165, 1.54) is 6.07 Å². The van der Waals surface area contributed by atoms with Gasteiger partial charge in [0.05, 0.1) is 6.04 Å². The number of hydrogen-bond donors (Lipinski definition) is 2. The van der Waals surface area contributed by atoms with E-state index in [9.17, 15) is 14.3 Å². The molecule has 1 unspecified atom stereocenters. The van der Waals surface area contributed by atoms with Gasteiger partial charge in [-0.2, -0.15) is 5.21 Å². The molecule has 7 nitrogen and oxygen atoms in total. The molecule has 25 heavy (non-hydrogen) atoms. The molecule has 0 saturated heterocycles. The van der Waals surface area contributed by atoms with Crippen LogP contribution in [0.4, 0.5) is 10.3 Å². The lowest BCUT2D eigenvalue weighted by Crippen LogP contribution is -2.31. The van der Waals surface area contributed by atoms with Crippen molar-refractivity contribution in [1.29, 1.82) is 0 Å². The first-order valence-electron chi connectivity index (χ1n) is 7.48. The molecule has 0 spiro atoms. The van der Waals surface area contributed by atoms with Gasteiger partial charge in [-0.1, -0.05) is 53.6 Å². The summed E-state index contributed by atoms with van der Waals surface area (Å²) in [6.07, 6.45) is 0. The number of aliphatic hydroxyl groups is 1. The van der Waals surface area contributed by atoms with E-state index in [1.807, 2.05) is 6.07 Å². The van der Waals surface area contributed by atoms with Crippen molar-refractivity contribution in [2.75, 3.05) is 4.90 Å². The van der Waals surface area contributed by atoms with Gasteiger partial charge in [-0.05, 0) is 16.8 Å². The van der Waals surface area contributed by atoms with Crippen LogP contribution in [0, 0.1) is 5.82 Å². The van der Waals surface area contributed by atoms with Gasteiger partial charge in [0, 0.05) is 11.1 Å². The van der Waals surface area contributed by atoms with E-state index < -0.39 is 23.5 Å². The number of carbonyl (C=O) groups excluding carboxylic acids is 1. The molecule has 0 fully saturated rings. The lowest BCUT2D eigenvalue weighted by atomic mass is 9.93. The molecule has 2 N–H and O–H groups in total. The zero-order chi connectivity index (χ0) is 17.4. The molecule has 0 radical (unpaired) electrons. The SMILES string of the molecule is O=C1C(O)=C(c2ccccc2)C(c2ccccc2F)N1c1nn[nH]n1. The Morgan fingerprint density at radius 3 is 2.48 bits per heavy atom. The van der Waals surface area contributed by atoms with E-state index in [-0.39, 0.29) is 11.5 Å². The van der Waals surface area contributed by atoms with Gasteiger partial charge in [-0.15, -0.1) is 5.10 Å². The van der Waals surface area contributed by atoms with Crippen LogP contribution in [-0.4, -0.2) is 31.6 Å². The van der Waals surface area contributed by atoms with E-state index in [1.54, 1.807) is 42.5 Å². The minimum absolute atomic E-state index is 0.0456. The first-order valence-corrected chi connectivity index (χ1v) is 7.48. The quantitative estimate of drug-likeness (QED) is 0.765. The molecule has 1 atom stereocenters. The van der Waals surface area contributed by atoms with Gasteiger partial charge < -0.3 is 5.11 Å². The number of anilines is 1. The lowest BCUT2D eigenvalue weighted by molar-refractivity contribution is -0.117. The van der Waals surface area contributed by atoms with Crippen LogP contribution in [0.25, 0.3) is 5.57 Å². The summed E-state index contributed by atoms with van der Waals surface area (Å²) in [5, 5.41) is 23.8. The van der Waals surface area contributed by atoms with Crippen molar-refractivity contribution in [3.05, 3.63) is 77.3 Å². The number of benzene rings is 2. The molecule has 0 bridgehead atoms. The van der Waals surface area contributed by atoms with Gasteiger partial charge in [-0.3, -0.25) is 9.69 Å². The molecule has 2 heterocycles. The molecule has 0 aliphatic carbocycles. The first kappa shape index (κ1) is 15.0. The Kier molecular flexibility index (Phi) is 3.50. The van der Waals surface area contributed by atoms with E-state index in [0.29, 0.717) is 11.1 Å². The summed E-state index contributed by atoms with van der Waals surface area (Å²) in [6.45, 7) is 0. The average Bonchev–Trinajstić information content (AvgIpc) is 3.24. The molecule has 8 heteroatoms. The Labute approximate surface area is 141 Å². The fourth-order valence-electron chi connectivity index (χ4n) is 2.97. The number of halogens is 1. The van der Waals surface area contributed by atoms with Crippen LogP contribution in [0.2, 0.25) is 0 Å². The zero-order valence-corrected chi connectivity index (χ0v) is 12.8. The molecule has 1 aliphatic rings. The van der Waals surface area contributed by atoms with Gasteiger partial charge in [-0.25, -0.2) is 4.39 Å². The predicted octanol–water partition coefficient (Wildman–Crippen LogP) is 2.40. The Hall–Kier alpha value is -3.55. The lowest BCUT2D eigenvalue weighted by Gasteiger charge is -2.24. The van der Waals surface area contributed by atoms with Crippen molar-refractivity contribution >= 4 is 17.4 Å². The third-order valence-electron chi connectivity index (χ3n) is 4.04. The second kappa shape index (κ2) is 5.82. The van der Waals surface area contributed by atoms with Crippen molar-refractivity contribution < 1.29 is 14.3 Å². The molecule has 3 aromatic rings. The van der Waals surface area contributed by atoms with Gasteiger partial charge in [0.2, 0.25) is 0 Å². The van der Waals surface area contributed by atoms with E-state index in [0.717, 1.165) is 4.90 Å². The van der Waals surface area contributed by atoms with Crippen LogP contribution >= 0.6 is 0 Å². The number of aromatic amines is 1. The van der Waals surface area contributed by atoms with Crippen molar-refractivity contribution in [3.63, 3.8) is 0 Å². The number of tetrazole rings is 1. The third-order valence-corrected chi connectivity index (χ3v) is 4.04. The highest BCUT2D eigenvalue weighted by Crippen LogP contribution is 2.44. The number of rotatable bonds is 3. The Morgan fingerprint density at radius 2 is 1.80 bits per heavy atom. The largest absolute Gasteiger partial charge is 0.503 e. The zero-order valence-electron chi connectivity index (χ0n) is 12.8. The number of aromatic nitrogens is 4. The molecule has 2 aromatic carbocycles. The smallest absolute Gasteiger partial charge is 0.296 e. The molecule has 1 amide bonds.